The minimum Gasteiger partial charge on any atom is -0.497 e. The molecule has 0 heterocycles. The van der Waals surface area contributed by atoms with Crippen LogP contribution in [0, 0.1) is 6.92 Å². The Labute approximate surface area is 143 Å². The second-order valence-electron chi connectivity index (χ2n) is 5.83. The highest BCUT2D eigenvalue weighted by Gasteiger charge is 2.20. The van der Waals surface area contributed by atoms with E-state index in [2.05, 4.69) is 5.32 Å². The van der Waals surface area contributed by atoms with Gasteiger partial charge in [-0.25, -0.2) is 0 Å². The molecule has 0 aliphatic carbocycles. The number of hydrogen-bond acceptors (Lipinski definition) is 3. The molecule has 0 radical (unpaired) electrons. The molecule has 1 amide bonds. The highest BCUT2D eigenvalue weighted by Crippen LogP contribution is 2.19. The highest BCUT2D eigenvalue weighted by molar-refractivity contribution is 5.81. The molecule has 2 atom stereocenters. The average Bonchev–Trinajstić information content (AvgIpc) is 2.61. The molecule has 1 N–H and O–H groups in total. The smallest absolute Gasteiger partial charge is 0.261 e. The lowest BCUT2D eigenvalue weighted by Crippen LogP contribution is -2.39. The van der Waals surface area contributed by atoms with E-state index in [1.165, 1.54) is 0 Å². The van der Waals surface area contributed by atoms with Crippen LogP contribution in [0.3, 0.4) is 0 Å². The number of methoxy groups -OCH3 is 1. The summed E-state index contributed by atoms with van der Waals surface area (Å²) in [6.45, 7) is 5.92. The third kappa shape index (κ3) is 4.75. The molecule has 0 saturated carbocycles. The topological polar surface area (TPSA) is 47.6 Å². The summed E-state index contributed by atoms with van der Waals surface area (Å²) in [5.41, 5.74) is 2.18. The van der Waals surface area contributed by atoms with Gasteiger partial charge in [0, 0.05) is 0 Å². The number of aryl methyl sites for hydroxylation is 1. The lowest BCUT2D eigenvalue weighted by molar-refractivity contribution is -0.128. The zero-order chi connectivity index (χ0) is 17.5. The third-order valence-corrected chi connectivity index (χ3v) is 3.94. The molecule has 0 aliphatic rings. The number of carbonyl (C=O) groups is 1. The van der Waals surface area contributed by atoms with Gasteiger partial charge in [0.15, 0.2) is 6.10 Å². The van der Waals surface area contributed by atoms with Crippen molar-refractivity contribution in [2.75, 3.05) is 7.11 Å². The van der Waals surface area contributed by atoms with Crippen LogP contribution in [0.15, 0.2) is 48.5 Å². The van der Waals surface area contributed by atoms with Crippen LogP contribution in [0.2, 0.25) is 0 Å². The van der Waals surface area contributed by atoms with E-state index < -0.39 is 6.10 Å². The van der Waals surface area contributed by atoms with Crippen molar-refractivity contribution in [2.24, 2.45) is 0 Å². The third-order valence-electron chi connectivity index (χ3n) is 3.94. The van der Waals surface area contributed by atoms with Gasteiger partial charge in [0.1, 0.15) is 11.5 Å². The van der Waals surface area contributed by atoms with Gasteiger partial charge in [-0.15, -0.1) is 0 Å². The molecule has 2 aromatic rings. The van der Waals surface area contributed by atoms with Crippen LogP contribution in [0.4, 0.5) is 0 Å². The number of carbonyl (C=O) groups excluding carboxylic acids is 1. The maximum absolute atomic E-state index is 12.5. The fourth-order valence-corrected chi connectivity index (χ4v) is 2.39. The first-order chi connectivity index (χ1) is 11.5. The van der Waals surface area contributed by atoms with E-state index >= 15 is 0 Å². The summed E-state index contributed by atoms with van der Waals surface area (Å²) in [5.74, 6) is 1.40. The summed E-state index contributed by atoms with van der Waals surface area (Å²) in [6, 6.07) is 15.3. The van der Waals surface area contributed by atoms with Crippen molar-refractivity contribution in [3.63, 3.8) is 0 Å². The number of hydrogen-bond donors (Lipinski definition) is 1. The summed E-state index contributed by atoms with van der Waals surface area (Å²) in [4.78, 5) is 12.5. The Bertz CT molecular complexity index is 650. The molecule has 0 bridgehead atoms. The van der Waals surface area contributed by atoms with E-state index in [4.69, 9.17) is 9.47 Å². The molecule has 4 heteroatoms. The van der Waals surface area contributed by atoms with E-state index in [0.717, 1.165) is 16.9 Å². The normalized spacial score (nSPS) is 13.0. The molecule has 0 unspecified atom stereocenters. The monoisotopic (exact) mass is 327 g/mol. The maximum Gasteiger partial charge on any atom is 0.261 e. The molecule has 0 spiro atoms. The quantitative estimate of drug-likeness (QED) is 0.835. The van der Waals surface area contributed by atoms with Crippen LogP contribution >= 0.6 is 0 Å². The van der Waals surface area contributed by atoms with Crippen molar-refractivity contribution < 1.29 is 14.3 Å². The summed E-state index contributed by atoms with van der Waals surface area (Å²) in [6.07, 6.45) is 0.100. The predicted octanol–water partition coefficient (Wildman–Crippen LogP) is 4.04. The summed E-state index contributed by atoms with van der Waals surface area (Å²) in [5, 5.41) is 3.01. The Kier molecular flexibility index (Phi) is 6.24. The van der Waals surface area contributed by atoms with Crippen LogP contribution in [0.5, 0.6) is 11.5 Å². The number of rotatable bonds is 7. The maximum atomic E-state index is 12.5. The van der Waals surface area contributed by atoms with Crippen molar-refractivity contribution in [2.45, 2.75) is 39.3 Å². The molecule has 2 aromatic carbocycles. The highest BCUT2D eigenvalue weighted by atomic mass is 16.5. The second-order valence-corrected chi connectivity index (χ2v) is 5.83. The van der Waals surface area contributed by atoms with Gasteiger partial charge in [0.25, 0.3) is 5.91 Å². The minimum atomic E-state index is -0.506. The summed E-state index contributed by atoms with van der Waals surface area (Å²) >= 11 is 0. The van der Waals surface area contributed by atoms with Crippen LogP contribution in [0.1, 0.15) is 37.4 Å². The first-order valence-electron chi connectivity index (χ1n) is 8.21. The molecule has 24 heavy (non-hydrogen) atoms. The summed E-state index contributed by atoms with van der Waals surface area (Å²) in [7, 11) is 1.63. The predicted molar refractivity (Wildman–Crippen MR) is 95.4 cm³/mol. The fourth-order valence-electron chi connectivity index (χ4n) is 2.39. The van der Waals surface area contributed by atoms with Gasteiger partial charge in [-0.1, -0.05) is 36.8 Å². The molecule has 2 rings (SSSR count). The number of benzene rings is 2. The number of nitrogens with one attached hydrogen (secondary N) is 1. The van der Waals surface area contributed by atoms with Gasteiger partial charge >= 0.3 is 0 Å². The van der Waals surface area contributed by atoms with Crippen molar-refractivity contribution in [3.8, 4) is 11.5 Å². The van der Waals surface area contributed by atoms with E-state index in [-0.39, 0.29) is 11.9 Å². The Morgan fingerprint density at radius 3 is 2.17 bits per heavy atom. The average molecular weight is 327 g/mol. The fraction of sp³-hybridized carbons (Fsp3) is 0.350. The first-order valence-corrected chi connectivity index (χ1v) is 8.21. The largest absolute Gasteiger partial charge is 0.497 e. The standard InChI is InChI=1S/C20H25NO3/c1-5-19(24-18-10-6-14(2)7-11-18)20(22)21-15(3)16-8-12-17(23-4)13-9-16/h6-13,15,19H,5H2,1-4H3,(H,21,22)/t15-,19-/m1/s1. The minimum absolute atomic E-state index is 0.0981. The van der Waals surface area contributed by atoms with E-state index in [0.29, 0.717) is 12.2 Å². The van der Waals surface area contributed by atoms with Crippen LogP contribution in [-0.2, 0) is 4.79 Å². The van der Waals surface area contributed by atoms with Crippen molar-refractivity contribution in [1.82, 2.24) is 5.32 Å². The van der Waals surface area contributed by atoms with Crippen molar-refractivity contribution >= 4 is 5.91 Å². The van der Waals surface area contributed by atoms with E-state index in [1.807, 2.05) is 69.3 Å². The Balaban J connectivity index is 1.98. The van der Waals surface area contributed by atoms with Gasteiger partial charge in [0.2, 0.25) is 0 Å². The van der Waals surface area contributed by atoms with E-state index in [9.17, 15) is 4.79 Å². The van der Waals surface area contributed by atoms with Gasteiger partial charge in [-0.3, -0.25) is 4.79 Å². The van der Waals surface area contributed by atoms with Gasteiger partial charge in [-0.05, 0) is 50.1 Å². The Hall–Kier alpha value is -2.49. The van der Waals surface area contributed by atoms with Crippen LogP contribution in [-0.4, -0.2) is 19.1 Å². The second kappa shape index (κ2) is 8.39. The van der Waals surface area contributed by atoms with E-state index in [1.54, 1.807) is 7.11 Å². The summed E-state index contributed by atoms with van der Waals surface area (Å²) < 4.78 is 11.0. The molecular weight excluding hydrogens is 302 g/mol. The zero-order valence-corrected chi connectivity index (χ0v) is 14.7. The van der Waals surface area contributed by atoms with Crippen molar-refractivity contribution in [1.29, 1.82) is 0 Å². The van der Waals surface area contributed by atoms with Crippen molar-refractivity contribution in [3.05, 3.63) is 59.7 Å². The molecule has 4 nitrogen and oxygen atoms in total. The zero-order valence-electron chi connectivity index (χ0n) is 14.7. The Morgan fingerprint density at radius 2 is 1.62 bits per heavy atom. The molecule has 128 valence electrons. The SMILES string of the molecule is CC[C@@H](Oc1ccc(C)cc1)C(=O)N[C@H](C)c1ccc(OC)cc1. The number of amides is 1. The molecule has 0 saturated heterocycles. The van der Waals surface area contributed by atoms with Gasteiger partial charge in [0.05, 0.1) is 13.2 Å². The lowest BCUT2D eigenvalue weighted by atomic mass is 10.1. The first kappa shape index (κ1) is 17.9. The number of ether oxygens (including phenoxy) is 2. The van der Waals surface area contributed by atoms with Crippen LogP contribution < -0.4 is 14.8 Å². The van der Waals surface area contributed by atoms with Crippen LogP contribution in [0.25, 0.3) is 0 Å². The molecule has 0 fully saturated rings. The molecular formula is C20H25NO3. The lowest BCUT2D eigenvalue weighted by Gasteiger charge is -2.21. The Morgan fingerprint density at radius 1 is 1.04 bits per heavy atom. The van der Waals surface area contributed by atoms with Gasteiger partial charge < -0.3 is 14.8 Å². The molecule has 0 aliphatic heterocycles. The molecule has 0 aromatic heterocycles. The van der Waals surface area contributed by atoms with Gasteiger partial charge in [-0.2, -0.15) is 0 Å².